The first-order valence-electron chi connectivity index (χ1n) is 10.9. The van der Waals surface area contributed by atoms with E-state index in [1.54, 1.807) is 12.4 Å². The fourth-order valence-electron chi connectivity index (χ4n) is 4.08. The van der Waals surface area contributed by atoms with E-state index in [9.17, 15) is 9.90 Å². The van der Waals surface area contributed by atoms with Crippen LogP contribution in [0.3, 0.4) is 0 Å². The third-order valence-electron chi connectivity index (χ3n) is 5.53. The molecule has 8 nitrogen and oxygen atoms in total. The summed E-state index contributed by atoms with van der Waals surface area (Å²) in [5, 5.41) is 20.2. The fraction of sp³-hybridized carbons (Fsp3) is 0.280. The number of phenols is 1. The van der Waals surface area contributed by atoms with E-state index in [0.717, 1.165) is 12.1 Å². The summed E-state index contributed by atoms with van der Waals surface area (Å²) in [6.07, 6.45) is 4.76. The van der Waals surface area contributed by atoms with Crippen molar-refractivity contribution in [3.63, 3.8) is 0 Å². The van der Waals surface area contributed by atoms with Gasteiger partial charge in [-0.2, -0.15) is 0 Å². The molecule has 0 spiro atoms. The zero-order valence-electron chi connectivity index (χ0n) is 18.7. The molecule has 0 bridgehead atoms. The van der Waals surface area contributed by atoms with Gasteiger partial charge >= 0.3 is 5.97 Å². The summed E-state index contributed by atoms with van der Waals surface area (Å²) in [5.74, 6) is -0.533. The van der Waals surface area contributed by atoms with Crippen molar-refractivity contribution < 1.29 is 19.1 Å². The number of carbonyl (C=O) groups excluding carboxylic acids is 1. The zero-order chi connectivity index (χ0) is 23.4. The van der Waals surface area contributed by atoms with Crippen LogP contribution in [0, 0.1) is 0 Å². The Morgan fingerprint density at radius 3 is 2.52 bits per heavy atom. The Hall–Kier alpha value is -3.46. The Balaban J connectivity index is 1.95. The van der Waals surface area contributed by atoms with E-state index in [1.807, 2.05) is 36.4 Å². The lowest BCUT2D eigenvalue weighted by atomic mass is 9.90. The number of phenolic OH excluding ortho intramolecular Hbond substituents is 1. The number of fused-ring (bicyclic) bond motifs is 3. The summed E-state index contributed by atoms with van der Waals surface area (Å²) >= 11 is 0. The number of ether oxygens (including phenoxy) is 1. The average molecular weight is 449 g/mol. The molecule has 4 rings (SSSR count). The van der Waals surface area contributed by atoms with Crippen molar-refractivity contribution >= 4 is 27.7 Å². The minimum atomic E-state index is -0.609. The molecule has 2 aromatic carbocycles. The topological polar surface area (TPSA) is 123 Å². The summed E-state index contributed by atoms with van der Waals surface area (Å²) in [6, 6.07) is 11.1. The molecule has 0 fully saturated rings. The van der Waals surface area contributed by atoms with Crippen molar-refractivity contribution in [3.8, 4) is 5.75 Å². The molecule has 2 heterocycles. The van der Waals surface area contributed by atoms with Gasteiger partial charge in [-0.15, -0.1) is 0 Å². The lowest BCUT2D eigenvalue weighted by Crippen LogP contribution is -2.34. The number of nitrogens with one attached hydrogen (secondary N) is 2. The highest BCUT2D eigenvalue weighted by Gasteiger charge is 2.29. The van der Waals surface area contributed by atoms with E-state index in [1.165, 1.54) is 6.26 Å². The highest BCUT2D eigenvalue weighted by molar-refractivity contribution is 6.16. The van der Waals surface area contributed by atoms with Crippen molar-refractivity contribution in [1.29, 1.82) is 0 Å². The number of nitrogens with zero attached hydrogens (tertiary/aromatic N) is 1. The molecule has 172 valence electrons. The molecule has 0 saturated heterocycles. The van der Waals surface area contributed by atoms with Gasteiger partial charge < -0.3 is 24.9 Å². The third kappa shape index (κ3) is 4.54. The van der Waals surface area contributed by atoms with Gasteiger partial charge in [0.15, 0.2) is 0 Å². The molecule has 0 saturated carbocycles. The van der Waals surface area contributed by atoms with Crippen LogP contribution in [0.25, 0.3) is 21.7 Å². The molecular weight excluding hydrogens is 420 g/mol. The standard InChI is InChI=1S/C25H28N4O4/c1-15(2)28-11-12-29-22(16-7-9-27-10-8-16)21-20-19(25(31)33-14-26)13-32-24(20)18-6-4-3-5-17(18)23(21)30/h3-10,13,15,22,28-30H,11-12,14,26H2,1-2H3. The zero-order valence-corrected chi connectivity index (χ0v) is 18.7. The number of furan rings is 1. The van der Waals surface area contributed by atoms with Crippen LogP contribution in [-0.2, 0) is 4.74 Å². The Morgan fingerprint density at radius 1 is 1.12 bits per heavy atom. The second-order valence-electron chi connectivity index (χ2n) is 8.04. The molecule has 0 aliphatic carbocycles. The minimum absolute atomic E-state index is 0.0763. The lowest BCUT2D eigenvalue weighted by molar-refractivity contribution is 0.0516. The number of hydrogen-bond acceptors (Lipinski definition) is 8. The molecule has 0 aliphatic rings. The van der Waals surface area contributed by atoms with Gasteiger partial charge in [0, 0.05) is 53.2 Å². The van der Waals surface area contributed by atoms with Crippen molar-refractivity contribution in [2.24, 2.45) is 5.73 Å². The molecule has 5 N–H and O–H groups in total. The van der Waals surface area contributed by atoms with Gasteiger partial charge in [0.2, 0.25) is 0 Å². The van der Waals surface area contributed by atoms with Crippen molar-refractivity contribution in [2.45, 2.75) is 25.9 Å². The Kier molecular flexibility index (Phi) is 6.88. The van der Waals surface area contributed by atoms with Gasteiger partial charge in [-0.3, -0.25) is 10.7 Å². The molecule has 0 radical (unpaired) electrons. The van der Waals surface area contributed by atoms with Gasteiger partial charge in [-0.1, -0.05) is 38.1 Å². The van der Waals surface area contributed by atoms with Crippen LogP contribution in [0.1, 0.15) is 41.4 Å². The van der Waals surface area contributed by atoms with E-state index in [0.29, 0.717) is 39.9 Å². The van der Waals surface area contributed by atoms with Crippen molar-refractivity contribution in [1.82, 2.24) is 15.6 Å². The number of aromatic nitrogens is 1. The Labute approximate surface area is 191 Å². The van der Waals surface area contributed by atoms with E-state index >= 15 is 0 Å². The molecule has 8 heteroatoms. The maximum atomic E-state index is 12.7. The highest BCUT2D eigenvalue weighted by Crippen LogP contribution is 2.44. The number of hydrogen-bond donors (Lipinski definition) is 4. The number of aromatic hydroxyl groups is 1. The molecule has 0 aliphatic heterocycles. The lowest BCUT2D eigenvalue weighted by Gasteiger charge is -2.23. The van der Waals surface area contributed by atoms with Crippen LogP contribution in [0.5, 0.6) is 5.75 Å². The first kappa shape index (κ1) is 22.7. The fourth-order valence-corrected chi connectivity index (χ4v) is 4.08. The summed E-state index contributed by atoms with van der Waals surface area (Å²) in [7, 11) is 0. The smallest absolute Gasteiger partial charge is 0.343 e. The van der Waals surface area contributed by atoms with E-state index in [-0.39, 0.29) is 18.0 Å². The maximum absolute atomic E-state index is 12.7. The van der Waals surface area contributed by atoms with Crippen LogP contribution >= 0.6 is 0 Å². The van der Waals surface area contributed by atoms with Crippen molar-refractivity contribution in [3.05, 3.63) is 71.7 Å². The van der Waals surface area contributed by atoms with Gasteiger partial charge in [0.1, 0.15) is 29.9 Å². The molecule has 33 heavy (non-hydrogen) atoms. The molecule has 1 atom stereocenters. The Bertz CT molecular complexity index is 1250. The summed E-state index contributed by atoms with van der Waals surface area (Å²) in [6.45, 7) is 5.26. The van der Waals surface area contributed by atoms with Gasteiger partial charge in [0.05, 0.1) is 6.04 Å². The Morgan fingerprint density at radius 2 is 1.82 bits per heavy atom. The SMILES string of the molecule is CC(C)NCCNC(c1ccncc1)c1c(O)c2ccccc2c2occ(C(=O)OCN)c12. The summed E-state index contributed by atoms with van der Waals surface area (Å²) in [5.41, 5.74) is 7.59. The second kappa shape index (κ2) is 9.99. The molecule has 4 aromatic rings. The maximum Gasteiger partial charge on any atom is 0.343 e. The number of esters is 1. The van der Waals surface area contributed by atoms with Crippen molar-refractivity contribution in [2.75, 3.05) is 19.8 Å². The average Bonchev–Trinajstić information content (AvgIpc) is 3.26. The minimum Gasteiger partial charge on any atom is -0.507 e. The van der Waals surface area contributed by atoms with Gasteiger partial charge in [-0.25, -0.2) is 4.79 Å². The van der Waals surface area contributed by atoms with Crippen LogP contribution in [-0.4, -0.2) is 41.9 Å². The number of rotatable bonds is 9. The number of nitrogens with two attached hydrogens (primary N) is 1. The first-order valence-corrected chi connectivity index (χ1v) is 10.9. The van der Waals surface area contributed by atoms with E-state index in [2.05, 4.69) is 29.5 Å². The molecule has 2 aromatic heterocycles. The van der Waals surface area contributed by atoms with Gasteiger partial charge in [-0.05, 0) is 17.7 Å². The normalized spacial score (nSPS) is 12.5. The largest absolute Gasteiger partial charge is 0.507 e. The predicted octanol–water partition coefficient (Wildman–Crippen LogP) is 3.44. The summed E-state index contributed by atoms with van der Waals surface area (Å²) < 4.78 is 10.9. The number of carbonyl (C=O) groups is 1. The quantitative estimate of drug-likeness (QED) is 0.174. The van der Waals surface area contributed by atoms with E-state index < -0.39 is 12.0 Å². The molecular formula is C25H28N4O4. The molecule has 1 unspecified atom stereocenters. The molecule has 0 amide bonds. The van der Waals surface area contributed by atoms with Crippen LogP contribution in [0.15, 0.2) is 59.5 Å². The summed E-state index contributed by atoms with van der Waals surface area (Å²) in [4.78, 5) is 16.9. The monoisotopic (exact) mass is 448 g/mol. The van der Waals surface area contributed by atoms with Crippen LogP contribution in [0.4, 0.5) is 0 Å². The third-order valence-corrected chi connectivity index (χ3v) is 5.53. The first-order chi connectivity index (χ1) is 16.0. The number of benzene rings is 2. The van der Waals surface area contributed by atoms with Gasteiger partial charge in [0.25, 0.3) is 0 Å². The van der Waals surface area contributed by atoms with Crippen LogP contribution < -0.4 is 16.4 Å². The predicted molar refractivity (Wildman–Crippen MR) is 127 cm³/mol. The number of pyridine rings is 1. The highest BCUT2D eigenvalue weighted by atomic mass is 16.5. The van der Waals surface area contributed by atoms with Crippen LogP contribution in [0.2, 0.25) is 0 Å². The second-order valence-corrected chi connectivity index (χ2v) is 8.04. The van der Waals surface area contributed by atoms with E-state index in [4.69, 9.17) is 14.9 Å².